The molecule has 0 aliphatic rings. The van der Waals surface area contributed by atoms with Crippen molar-refractivity contribution in [2.24, 2.45) is 0 Å². The first-order valence-corrected chi connectivity index (χ1v) is 7.52. The van der Waals surface area contributed by atoms with Crippen LogP contribution in [0.3, 0.4) is 0 Å². The van der Waals surface area contributed by atoms with Crippen molar-refractivity contribution in [2.45, 2.75) is 32.7 Å². The van der Waals surface area contributed by atoms with Crippen molar-refractivity contribution >= 4 is 11.3 Å². The molecule has 0 bridgehead atoms. The van der Waals surface area contributed by atoms with E-state index in [1.54, 1.807) is 11.3 Å². The van der Waals surface area contributed by atoms with Crippen molar-refractivity contribution in [1.82, 2.24) is 5.32 Å². The van der Waals surface area contributed by atoms with Crippen LogP contribution in [0.2, 0.25) is 0 Å². The molecule has 0 aliphatic heterocycles. The van der Waals surface area contributed by atoms with E-state index in [0.29, 0.717) is 6.04 Å². The average molecular weight is 259 g/mol. The summed E-state index contributed by atoms with van der Waals surface area (Å²) in [7, 11) is 0. The molecule has 2 aromatic rings. The average Bonchev–Trinajstić information content (AvgIpc) is 2.82. The lowest BCUT2D eigenvalue weighted by atomic mass is 9.99. The highest BCUT2D eigenvalue weighted by molar-refractivity contribution is 7.07. The number of aryl methyl sites for hydroxylation is 1. The fourth-order valence-corrected chi connectivity index (χ4v) is 3.00. The smallest absolute Gasteiger partial charge is 0.0148 e. The quantitative estimate of drug-likeness (QED) is 0.831. The maximum atomic E-state index is 3.59. The molecular weight excluding hydrogens is 238 g/mol. The third kappa shape index (κ3) is 3.97. The second kappa shape index (κ2) is 6.72. The van der Waals surface area contributed by atoms with Crippen molar-refractivity contribution < 1.29 is 0 Å². The van der Waals surface area contributed by atoms with Gasteiger partial charge in [0.1, 0.15) is 0 Å². The molecule has 1 nitrogen and oxygen atoms in total. The first-order chi connectivity index (χ1) is 8.78. The Labute approximate surface area is 114 Å². The van der Waals surface area contributed by atoms with Crippen LogP contribution >= 0.6 is 11.3 Å². The SMILES string of the molecule is CCNC(Cc1ccsc1)Cc1cccc(C)c1. The summed E-state index contributed by atoms with van der Waals surface area (Å²) in [5.74, 6) is 0. The Hall–Kier alpha value is -1.12. The number of nitrogens with one attached hydrogen (secondary N) is 1. The minimum atomic E-state index is 0.534. The largest absolute Gasteiger partial charge is 0.314 e. The molecule has 0 saturated carbocycles. The molecule has 1 heterocycles. The second-order valence-corrected chi connectivity index (χ2v) is 5.56. The standard InChI is InChI=1S/C16H21NS/c1-3-17-16(11-15-7-8-18-12-15)10-14-6-4-5-13(2)9-14/h4-9,12,16-17H,3,10-11H2,1-2H3. The third-order valence-electron chi connectivity index (χ3n) is 3.12. The lowest BCUT2D eigenvalue weighted by Crippen LogP contribution is -2.32. The van der Waals surface area contributed by atoms with E-state index in [1.165, 1.54) is 16.7 Å². The van der Waals surface area contributed by atoms with Gasteiger partial charge >= 0.3 is 0 Å². The van der Waals surface area contributed by atoms with Crippen LogP contribution in [0.1, 0.15) is 23.6 Å². The van der Waals surface area contributed by atoms with Gasteiger partial charge in [0.2, 0.25) is 0 Å². The third-order valence-corrected chi connectivity index (χ3v) is 3.85. The van der Waals surface area contributed by atoms with Gasteiger partial charge in [0.15, 0.2) is 0 Å². The molecule has 2 heteroatoms. The van der Waals surface area contributed by atoms with Gasteiger partial charge in [-0.1, -0.05) is 36.8 Å². The van der Waals surface area contributed by atoms with Crippen molar-refractivity contribution in [3.8, 4) is 0 Å². The van der Waals surface area contributed by atoms with Crippen LogP contribution in [0.5, 0.6) is 0 Å². The Balaban J connectivity index is 2.01. The molecular formula is C16H21NS. The van der Waals surface area contributed by atoms with E-state index < -0.39 is 0 Å². The van der Waals surface area contributed by atoms with Gasteiger partial charge < -0.3 is 5.32 Å². The number of hydrogen-bond donors (Lipinski definition) is 1. The summed E-state index contributed by atoms with van der Waals surface area (Å²) in [5.41, 5.74) is 4.22. The van der Waals surface area contributed by atoms with Crippen LogP contribution in [0, 0.1) is 6.92 Å². The molecule has 0 aliphatic carbocycles. The number of benzene rings is 1. The fourth-order valence-electron chi connectivity index (χ4n) is 2.32. The van der Waals surface area contributed by atoms with E-state index in [9.17, 15) is 0 Å². The highest BCUT2D eigenvalue weighted by Gasteiger charge is 2.09. The molecule has 1 aromatic heterocycles. The van der Waals surface area contributed by atoms with Crippen molar-refractivity contribution in [3.05, 3.63) is 57.8 Å². The summed E-state index contributed by atoms with van der Waals surface area (Å²) < 4.78 is 0. The van der Waals surface area contributed by atoms with Gasteiger partial charge in [-0.15, -0.1) is 0 Å². The Kier molecular flexibility index (Phi) is 4.97. The maximum absolute atomic E-state index is 3.59. The van der Waals surface area contributed by atoms with Crippen LogP contribution < -0.4 is 5.32 Å². The topological polar surface area (TPSA) is 12.0 Å². The molecule has 1 atom stereocenters. The summed E-state index contributed by atoms with van der Waals surface area (Å²) in [5, 5.41) is 8.00. The zero-order valence-electron chi connectivity index (χ0n) is 11.1. The molecule has 0 amide bonds. The van der Waals surface area contributed by atoms with E-state index in [-0.39, 0.29) is 0 Å². The van der Waals surface area contributed by atoms with Crippen LogP contribution in [-0.4, -0.2) is 12.6 Å². The summed E-state index contributed by atoms with van der Waals surface area (Å²) in [6, 6.07) is 11.6. The Bertz CT molecular complexity index is 462. The van der Waals surface area contributed by atoms with E-state index in [1.807, 2.05) is 0 Å². The first-order valence-electron chi connectivity index (χ1n) is 6.58. The van der Waals surface area contributed by atoms with Gasteiger partial charge in [-0.05, 0) is 54.3 Å². The number of hydrogen-bond acceptors (Lipinski definition) is 2. The highest BCUT2D eigenvalue weighted by atomic mass is 32.1. The van der Waals surface area contributed by atoms with Gasteiger partial charge in [-0.25, -0.2) is 0 Å². The fraction of sp³-hybridized carbons (Fsp3) is 0.375. The zero-order valence-corrected chi connectivity index (χ0v) is 12.0. The summed E-state index contributed by atoms with van der Waals surface area (Å²) in [6.07, 6.45) is 2.22. The molecule has 0 fully saturated rings. The summed E-state index contributed by atoms with van der Waals surface area (Å²) in [4.78, 5) is 0. The van der Waals surface area contributed by atoms with Crippen molar-refractivity contribution in [1.29, 1.82) is 0 Å². The molecule has 1 unspecified atom stereocenters. The van der Waals surface area contributed by atoms with Gasteiger partial charge in [-0.3, -0.25) is 0 Å². The molecule has 2 rings (SSSR count). The highest BCUT2D eigenvalue weighted by Crippen LogP contribution is 2.13. The Morgan fingerprint density at radius 3 is 2.67 bits per heavy atom. The van der Waals surface area contributed by atoms with Gasteiger partial charge in [-0.2, -0.15) is 11.3 Å². The maximum Gasteiger partial charge on any atom is 0.0148 e. The predicted octanol–water partition coefficient (Wildman–Crippen LogP) is 3.82. The van der Waals surface area contributed by atoms with E-state index in [2.05, 4.69) is 60.3 Å². The molecule has 0 saturated heterocycles. The monoisotopic (exact) mass is 259 g/mol. The Morgan fingerprint density at radius 1 is 1.17 bits per heavy atom. The normalized spacial score (nSPS) is 12.6. The molecule has 0 radical (unpaired) electrons. The van der Waals surface area contributed by atoms with Gasteiger partial charge in [0.05, 0.1) is 0 Å². The lowest BCUT2D eigenvalue weighted by Gasteiger charge is -2.17. The molecule has 1 N–H and O–H groups in total. The molecule has 96 valence electrons. The van der Waals surface area contributed by atoms with E-state index in [0.717, 1.165) is 19.4 Å². The van der Waals surface area contributed by atoms with Crippen LogP contribution in [0.4, 0.5) is 0 Å². The predicted molar refractivity (Wildman–Crippen MR) is 80.4 cm³/mol. The van der Waals surface area contributed by atoms with E-state index in [4.69, 9.17) is 0 Å². The number of likely N-dealkylation sites (N-methyl/N-ethyl adjacent to an activating group) is 1. The van der Waals surface area contributed by atoms with E-state index >= 15 is 0 Å². The number of thiophene rings is 1. The van der Waals surface area contributed by atoms with Crippen LogP contribution in [0.25, 0.3) is 0 Å². The summed E-state index contributed by atoms with van der Waals surface area (Å²) >= 11 is 1.78. The Morgan fingerprint density at radius 2 is 2.00 bits per heavy atom. The molecule has 1 aromatic carbocycles. The van der Waals surface area contributed by atoms with Crippen molar-refractivity contribution in [2.75, 3.05) is 6.54 Å². The zero-order chi connectivity index (χ0) is 12.8. The molecule has 18 heavy (non-hydrogen) atoms. The van der Waals surface area contributed by atoms with Gasteiger partial charge in [0, 0.05) is 6.04 Å². The number of rotatable bonds is 6. The minimum Gasteiger partial charge on any atom is -0.314 e. The summed E-state index contributed by atoms with van der Waals surface area (Å²) in [6.45, 7) is 5.36. The van der Waals surface area contributed by atoms with Gasteiger partial charge in [0.25, 0.3) is 0 Å². The van der Waals surface area contributed by atoms with Crippen LogP contribution in [0.15, 0.2) is 41.1 Å². The second-order valence-electron chi connectivity index (χ2n) is 4.78. The van der Waals surface area contributed by atoms with Crippen molar-refractivity contribution in [3.63, 3.8) is 0 Å². The lowest BCUT2D eigenvalue weighted by molar-refractivity contribution is 0.522. The van der Waals surface area contributed by atoms with Crippen LogP contribution in [-0.2, 0) is 12.8 Å². The molecule has 0 spiro atoms. The first kappa shape index (κ1) is 13.3. The minimum absolute atomic E-state index is 0.534.